The van der Waals surface area contributed by atoms with Gasteiger partial charge in [0.05, 0.1) is 11.1 Å². The number of alkyl halides is 6. The van der Waals surface area contributed by atoms with Crippen LogP contribution in [0, 0.1) is 0 Å². The van der Waals surface area contributed by atoms with E-state index >= 15 is 0 Å². The van der Waals surface area contributed by atoms with E-state index in [1.807, 2.05) is 0 Å². The van der Waals surface area contributed by atoms with Crippen LogP contribution in [0.1, 0.15) is 23.0 Å². The van der Waals surface area contributed by atoms with E-state index < -0.39 is 35.4 Å². The molecule has 1 atom stereocenters. The van der Waals surface area contributed by atoms with Crippen LogP contribution in [0.25, 0.3) is 10.9 Å². The van der Waals surface area contributed by atoms with Gasteiger partial charge >= 0.3 is 12.4 Å². The number of nitrogens with two attached hydrogens (primary N) is 1. The Hall–Kier alpha value is -1.91. The van der Waals surface area contributed by atoms with Gasteiger partial charge in [-0.05, 0) is 12.1 Å². The molecule has 132 valence electrons. The Bertz CT molecular complexity index is 729. The maximum Gasteiger partial charge on any atom is 0.433 e. The summed E-state index contributed by atoms with van der Waals surface area (Å²) in [5, 5.41) is 12.2. The van der Waals surface area contributed by atoms with Crippen molar-refractivity contribution < 1.29 is 31.4 Å². The van der Waals surface area contributed by atoms with Gasteiger partial charge in [-0.1, -0.05) is 12.1 Å². The lowest BCUT2D eigenvalue weighted by molar-refractivity contribution is -0.142. The third kappa shape index (κ3) is 3.77. The predicted molar refractivity (Wildman–Crippen MR) is 73.8 cm³/mol. The Kier molecular flexibility index (Phi) is 5.02. The lowest BCUT2D eigenvalue weighted by atomic mass is 10.0. The van der Waals surface area contributed by atoms with Crippen LogP contribution in [0.15, 0.2) is 24.3 Å². The second kappa shape index (κ2) is 6.54. The second-order valence-electron chi connectivity index (χ2n) is 4.94. The van der Waals surface area contributed by atoms with Crippen LogP contribution in [0.3, 0.4) is 0 Å². The highest BCUT2D eigenvalue weighted by atomic mass is 19.4. The molecule has 4 N–H and O–H groups in total. The predicted octanol–water partition coefficient (Wildman–Crippen LogP) is 2.81. The highest BCUT2D eigenvalue weighted by Crippen LogP contribution is 2.38. The molecule has 0 radical (unpaired) electrons. The molecule has 0 aliphatic carbocycles. The van der Waals surface area contributed by atoms with E-state index in [1.54, 1.807) is 0 Å². The molecule has 1 aromatic heterocycles. The number of aromatic nitrogens is 1. The number of halogens is 6. The molecule has 1 aromatic carbocycles. The Morgan fingerprint density at radius 3 is 2.33 bits per heavy atom. The summed E-state index contributed by atoms with van der Waals surface area (Å²) in [5.41, 5.74) is 1.18. The van der Waals surface area contributed by atoms with Gasteiger partial charge < -0.3 is 10.8 Å². The van der Waals surface area contributed by atoms with E-state index in [2.05, 4.69) is 10.3 Å². The first-order valence-corrected chi connectivity index (χ1v) is 6.75. The molecule has 0 spiro atoms. The van der Waals surface area contributed by atoms with E-state index in [4.69, 9.17) is 5.73 Å². The van der Waals surface area contributed by atoms with Crippen molar-refractivity contribution in [3.05, 3.63) is 41.1 Å². The van der Waals surface area contributed by atoms with Crippen molar-refractivity contribution in [3.63, 3.8) is 0 Å². The molecule has 2 rings (SSSR count). The largest absolute Gasteiger partial charge is 0.433 e. The number of hydrogen-bond acceptors (Lipinski definition) is 4. The van der Waals surface area contributed by atoms with Crippen LogP contribution in [0.5, 0.6) is 0 Å². The number of pyridine rings is 1. The average Bonchev–Trinajstić information content (AvgIpc) is 2.49. The minimum atomic E-state index is -4.96. The normalized spacial score (nSPS) is 14.2. The number of rotatable bonds is 4. The maximum atomic E-state index is 13.1. The van der Waals surface area contributed by atoms with Crippen LogP contribution < -0.4 is 11.1 Å². The molecular formula is C14H13F6N3O. The summed E-state index contributed by atoms with van der Waals surface area (Å²) in [5.74, 6) is 0. The van der Waals surface area contributed by atoms with Crippen LogP contribution in [0.4, 0.5) is 26.3 Å². The standard InChI is InChI=1S/C14H13F6N3O/c15-13(16,17)9-3-1-2-7-8(12(24)22-5-4-21)6-10(14(18,19)20)23-11(7)9/h1-3,6,12,22,24H,4-5,21H2. The summed E-state index contributed by atoms with van der Waals surface area (Å²) in [6, 6.07) is 3.37. The highest BCUT2D eigenvalue weighted by Gasteiger charge is 2.37. The zero-order valence-corrected chi connectivity index (χ0v) is 12.0. The quantitative estimate of drug-likeness (QED) is 0.584. The Labute approximate surface area is 132 Å². The second-order valence-corrected chi connectivity index (χ2v) is 4.94. The van der Waals surface area contributed by atoms with E-state index in [0.29, 0.717) is 12.1 Å². The van der Waals surface area contributed by atoms with Gasteiger partial charge in [-0.25, -0.2) is 4.98 Å². The van der Waals surface area contributed by atoms with Gasteiger partial charge in [0.2, 0.25) is 0 Å². The van der Waals surface area contributed by atoms with E-state index in [0.717, 1.165) is 6.07 Å². The Morgan fingerprint density at radius 2 is 1.79 bits per heavy atom. The topological polar surface area (TPSA) is 71.2 Å². The molecular weight excluding hydrogens is 340 g/mol. The number of hydrogen-bond donors (Lipinski definition) is 3. The van der Waals surface area contributed by atoms with Crippen LogP contribution in [-0.2, 0) is 12.4 Å². The molecule has 24 heavy (non-hydrogen) atoms. The number of nitrogens with zero attached hydrogens (tertiary/aromatic N) is 1. The molecule has 1 unspecified atom stereocenters. The minimum Gasteiger partial charge on any atom is -0.374 e. The summed E-state index contributed by atoms with van der Waals surface area (Å²) in [7, 11) is 0. The van der Waals surface area contributed by atoms with Gasteiger partial charge in [0.15, 0.2) is 0 Å². The summed E-state index contributed by atoms with van der Waals surface area (Å²) in [4.78, 5) is 3.13. The van der Waals surface area contributed by atoms with Gasteiger partial charge in [-0.3, -0.25) is 5.32 Å². The summed E-state index contributed by atoms with van der Waals surface area (Å²) < 4.78 is 78.1. The zero-order valence-electron chi connectivity index (χ0n) is 12.0. The number of fused-ring (bicyclic) bond motifs is 1. The van der Waals surface area contributed by atoms with Crippen molar-refractivity contribution in [3.8, 4) is 0 Å². The van der Waals surface area contributed by atoms with E-state index in [-0.39, 0.29) is 24.0 Å². The van der Waals surface area contributed by atoms with E-state index in [9.17, 15) is 31.4 Å². The van der Waals surface area contributed by atoms with Gasteiger partial charge in [-0.15, -0.1) is 0 Å². The summed E-state index contributed by atoms with van der Waals surface area (Å²) in [6.45, 7) is 0.144. The zero-order chi connectivity index (χ0) is 18.1. The van der Waals surface area contributed by atoms with Crippen molar-refractivity contribution >= 4 is 10.9 Å². The maximum absolute atomic E-state index is 13.1. The first-order chi connectivity index (χ1) is 11.1. The van der Waals surface area contributed by atoms with E-state index in [1.165, 1.54) is 6.07 Å². The fourth-order valence-electron chi connectivity index (χ4n) is 2.20. The van der Waals surface area contributed by atoms with Crippen LogP contribution in [-0.4, -0.2) is 23.2 Å². The van der Waals surface area contributed by atoms with Crippen molar-refractivity contribution in [1.82, 2.24) is 10.3 Å². The minimum absolute atomic E-state index is 0.0608. The number of nitrogens with one attached hydrogen (secondary N) is 1. The number of benzene rings is 1. The van der Waals surface area contributed by atoms with Gasteiger partial charge in [0.1, 0.15) is 11.9 Å². The van der Waals surface area contributed by atoms with Gasteiger partial charge in [0, 0.05) is 24.0 Å². The third-order valence-electron chi connectivity index (χ3n) is 3.24. The fraction of sp³-hybridized carbons (Fsp3) is 0.357. The van der Waals surface area contributed by atoms with Crippen molar-refractivity contribution in [2.24, 2.45) is 5.73 Å². The van der Waals surface area contributed by atoms with Crippen LogP contribution >= 0.6 is 0 Å². The smallest absolute Gasteiger partial charge is 0.374 e. The Morgan fingerprint density at radius 1 is 1.12 bits per heavy atom. The first-order valence-electron chi connectivity index (χ1n) is 6.75. The van der Waals surface area contributed by atoms with Crippen molar-refractivity contribution in [2.75, 3.05) is 13.1 Å². The molecule has 0 saturated carbocycles. The van der Waals surface area contributed by atoms with Crippen LogP contribution in [0.2, 0.25) is 0 Å². The molecule has 0 amide bonds. The average molecular weight is 353 g/mol. The highest BCUT2D eigenvalue weighted by molar-refractivity contribution is 5.86. The monoisotopic (exact) mass is 353 g/mol. The molecule has 0 fully saturated rings. The Balaban J connectivity index is 2.76. The molecule has 4 nitrogen and oxygen atoms in total. The summed E-state index contributed by atoms with van der Waals surface area (Å²) in [6.07, 6.45) is -11.5. The third-order valence-corrected chi connectivity index (χ3v) is 3.24. The molecule has 2 aromatic rings. The SMILES string of the molecule is NCCNC(O)c1cc(C(F)(F)F)nc2c(C(F)(F)F)cccc12. The number of aliphatic hydroxyl groups is 1. The molecule has 10 heteroatoms. The molecule has 0 aliphatic rings. The molecule has 0 aliphatic heterocycles. The lowest BCUT2D eigenvalue weighted by Crippen LogP contribution is -2.27. The van der Waals surface area contributed by atoms with Gasteiger partial charge in [-0.2, -0.15) is 26.3 Å². The van der Waals surface area contributed by atoms with Gasteiger partial charge in [0.25, 0.3) is 0 Å². The molecule has 0 bridgehead atoms. The fourth-order valence-corrected chi connectivity index (χ4v) is 2.20. The van der Waals surface area contributed by atoms with Crippen molar-refractivity contribution in [1.29, 1.82) is 0 Å². The number of para-hydroxylation sites is 1. The molecule has 1 heterocycles. The van der Waals surface area contributed by atoms with Crippen molar-refractivity contribution in [2.45, 2.75) is 18.6 Å². The first kappa shape index (κ1) is 18.4. The summed E-state index contributed by atoms with van der Waals surface area (Å²) >= 11 is 0. The number of aliphatic hydroxyl groups excluding tert-OH is 1. The molecule has 0 saturated heterocycles. The lowest BCUT2D eigenvalue weighted by Gasteiger charge is -2.19.